The molecule has 1 atom stereocenters. The number of nitrogens with two attached hydrogens (primary N) is 1. The largest absolute Gasteiger partial charge is 0.342 e. The van der Waals surface area contributed by atoms with E-state index in [2.05, 4.69) is 211 Å². The molecular formula is C57H101BrCl2N3Si4Sn+. The molecule has 5 rings (SSSR count). The molecule has 384 valence electrons. The van der Waals surface area contributed by atoms with E-state index in [1.807, 2.05) is 12.1 Å². The van der Waals surface area contributed by atoms with Crippen molar-refractivity contribution in [1.29, 1.82) is 0 Å². The molecule has 0 bridgehead atoms. The molecule has 0 amide bonds. The van der Waals surface area contributed by atoms with Crippen molar-refractivity contribution in [2.45, 2.75) is 208 Å². The van der Waals surface area contributed by atoms with Gasteiger partial charge >= 0.3 is 130 Å². The molecule has 1 fully saturated rings. The molecule has 4 aromatic rings. The summed E-state index contributed by atoms with van der Waals surface area (Å²) in [6, 6.07) is 42.7. The summed E-state index contributed by atoms with van der Waals surface area (Å²) in [6.07, 6.45) is 10.8. The first-order valence-electron chi connectivity index (χ1n) is 26.5. The first kappa shape index (κ1) is 65.5. The van der Waals surface area contributed by atoms with Crippen molar-refractivity contribution in [2.24, 2.45) is 5.73 Å². The maximum atomic E-state index is 6.14. The van der Waals surface area contributed by atoms with Crippen molar-refractivity contribution in [3.05, 3.63) is 135 Å². The van der Waals surface area contributed by atoms with Crippen molar-refractivity contribution >= 4 is 91.3 Å². The minimum atomic E-state index is -2.16. The topological polar surface area (TPSA) is 56.9 Å². The molecule has 1 saturated heterocycles. The predicted molar refractivity (Wildman–Crippen MR) is 327 cm³/mol. The van der Waals surface area contributed by atoms with Crippen LogP contribution in [0.5, 0.6) is 0 Å². The number of nitrogens with zero attached hydrogens (tertiary/aromatic N) is 1. The minimum Gasteiger partial charge on any atom is -0.342 e. The molecule has 0 saturated carbocycles. The molecule has 0 aromatic heterocycles. The normalized spacial score (nSPS) is 14.8. The molecule has 1 unspecified atom stereocenters. The smallest absolute Gasteiger partial charge is 0.150 e. The minimum absolute atomic E-state index is 0.641. The Morgan fingerprint density at radius 3 is 1.63 bits per heavy atom. The van der Waals surface area contributed by atoms with Crippen molar-refractivity contribution in [3.63, 3.8) is 0 Å². The first-order chi connectivity index (χ1) is 31.9. The zero-order valence-electron chi connectivity index (χ0n) is 46.0. The average Bonchev–Trinajstić information content (AvgIpc) is 3.51. The number of rotatable bonds is 20. The monoisotopic (exact) mass is 1210 g/mol. The van der Waals surface area contributed by atoms with Crippen LogP contribution in [0.15, 0.2) is 108 Å². The molecule has 0 aliphatic carbocycles. The average molecular weight is 1210 g/mol. The van der Waals surface area contributed by atoms with Gasteiger partial charge < -0.3 is 9.96 Å². The van der Waals surface area contributed by atoms with E-state index >= 15 is 0 Å². The molecule has 3 nitrogen and oxygen atoms in total. The van der Waals surface area contributed by atoms with Crippen molar-refractivity contribution < 1.29 is 5.73 Å². The maximum absolute atomic E-state index is 6.14. The molecule has 0 radical (unpaired) electrons. The van der Waals surface area contributed by atoms with Crippen molar-refractivity contribution in [1.82, 2.24) is 4.23 Å². The van der Waals surface area contributed by atoms with E-state index in [0.29, 0.717) is 6.54 Å². The first-order valence-corrected chi connectivity index (χ1v) is 49.6. The van der Waals surface area contributed by atoms with E-state index < -0.39 is 49.6 Å². The molecule has 1 aliphatic heterocycles. The summed E-state index contributed by atoms with van der Waals surface area (Å²) < 4.78 is 10.5. The maximum Gasteiger partial charge on any atom is 0.150 e. The van der Waals surface area contributed by atoms with E-state index in [-0.39, 0.29) is 0 Å². The Kier molecular flexibility index (Phi) is 32.8. The van der Waals surface area contributed by atoms with Gasteiger partial charge in [-0.15, -0.1) is 0 Å². The summed E-state index contributed by atoms with van der Waals surface area (Å²) in [4.78, 5) is 0. The van der Waals surface area contributed by atoms with Crippen LogP contribution in [0.3, 0.4) is 0 Å². The third-order valence-corrected chi connectivity index (χ3v) is 45.0. The van der Waals surface area contributed by atoms with E-state index in [1.54, 1.807) is 12.5 Å². The molecule has 5 N–H and O–H groups in total. The van der Waals surface area contributed by atoms with Gasteiger partial charge in [-0.1, -0.05) is 161 Å². The summed E-state index contributed by atoms with van der Waals surface area (Å²) in [5.74, 6) is 0.774. The second kappa shape index (κ2) is 34.1. The van der Waals surface area contributed by atoms with Gasteiger partial charge in [-0.05, 0) is 78.7 Å². The van der Waals surface area contributed by atoms with Crippen LogP contribution in [-0.2, 0) is 19.6 Å². The fourth-order valence-electron chi connectivity index (χ4n) is 9.43. The predicted octanol–water partition coefficient (Wildman–Crippen LogP) is 18.1. The Balaban J connectivity index is 0.000000439. The number of benzene rings is 4. The fourth-order valence-corrected chi connectivity index (χ4v) is 46.1. The van der Waals surface area contributed by atoms with E-state index in [0.717, 1.165) is 31.1 Å². The zero-order chi connectivity index (χ0) is 51.4. The number of halogens is 3. The van der Waals surface area contributed by atoms with Crippen LogP contribution in [0, 0.1) is 6.92 Å². The SMILES string of the molecule is CCCC(CC)c1ccccc1.CCC[CH2][Sn]([CH2]CC)([CH2]CCC)[c]1cccc(C[NH3+])c1.C[Si](C)(Cl)CC[Si](C)(C)Cl.C[Si]1(C)CC[Si](C)(C)N1Cc1cccc(Br)c1.Cc1cccc(CN)c1. The van der Waals surface area contributed by atoms with E-state index in [9.17, 15) is 0 Å². The molecule has 11 heteroatoms. The third kappa shape index (κ3) is 27.0. The summed E-state index contributed by atoms with van der Waals surface area (Å²) >= 11 is 13.7. The Morgan fingerprint density at radius 1 is 0.662 bits per heavy atom. The molecule has 1 aliphatic rings. The molecular weight excluding hydrogens is 1110 g/mol. The van der Waals surface area contributed by atoms with E-state index in [1.165, 1.54) is 100 Å². The van der Waals surface area contributed by atoms with Crippen LogP contribution in [0.4, 0.5) is 0 Å². The molecule has 0 spiro atoms. The van der Waals surface area contributed by atoms with Gasteiger partial charge in [0.2, 0.25) is 0 Å². The quantitative estimate of drug-likeness (QED) is 0.0684. The van der Waals surface area contributed by atoms with Crippen LogP contribution in [0.25, 0.3) is 0 Å². The van der Waals surface area contributed by atoms with Crippen molar-refractivity contribution in [2.75, 3.05) is 0 Å². The van der Waals surface area contributed by atoms with Crippen LogP contribution >= 0.6 is 38.1 Å². The van der Waals surface area contributed by atoms with Gasteiger partial charge in [0.05, 0.1) is 0 Å². The van der Waals surface area contributed by atoms with Crippen LogP contribution in [0.1, 0.15) is 120 Å². The second-order valence-electron chi connectivity index (χ2n) is 22.0. The Morgan fingerprint density at radius 2 is 1.19 bits per heavy atom. The molecule has 68 heavy (non-hydrogen) atoms. The summed E-state index contributed by atoms with van der Waals surface area (Å²) in [5.41, 5.74) is 16.4. The molecule has 1 heterocycles. The summed E-state index contributed by atoms with van der Waals surface area (Å²) in [5, 5.41) is 0. The van der Waals surface area contributed by atoms with Crippen LogP contribution in [0.2, 0.25) is 89.9 Å². The Labute approximate surface area is 446 Å². The summed E-state index contributed by atoms with van der Waals surface area (Å²) in [7, 11) is -4.94. The number of hydrogen-bond donors (Lipinski definition) is 2. The van der Waals surface area contributed by atoms with Gasteiger partial charge in [-0.2, -0.15) is 22.2 Å². The fraction of sp³-hybridized carbons (Fsp3) is 0.579. The number of unbranched alkanes of at least 4 members (excludes halogenated alkanes) is 2. The van der Waals surface area contributed by atoms with Gasteiger partial charge in [0, 0.05) is 17.6 Å². The zero-order valence-corrected chi connectivity index (χ0v) is 55.9. The van der Waals surface area contributed by atoms with Gasteiger partial charge in [0.15, 0.2) is 0 Å². The standard InChI is InChI=1S/C13H22BrNSi2.C12H18.C8H11N.C7H8N.C6H16Cl2Si2.2C4H9.C3H7.Sn/c1-16(2)8-9-17(3,4)15(16)11-12-6-5-7-13(14)10-12;1-3-8-11(4-2)12-9-6-5-7-10-12;1-7-3-2-4-8(5-7)6-9;8-6-7-4-2-1-3-5-7;1-9(2,7)5-6-10(3,4)8;2*1-3-4-2;1-3-2;/h5-7,10H,8-9,11H2,1-4H3;5-7,9-11H,3-4,8H2,1-2H3;2-5H,6,9H2,1H3;1-2,4-5H,6,8H2;5-6H2,1-4H3;2*1,3-4H2,2H3;1,3H2,2H3;/p+1. The number of aryl methyl sites for hydroxylation is 1. The second-order valence-corrected chi connectivity index (χ2v) is 59.9. The molecule has 4 aromatic carbocycles. The number of quaternary nitrogens is 1. The van der Waals surface area contributed by atoms with Gasteiger partial charge in [-0.3, -0.25) is 0 Å². The van der Waals surface area contributed by atoms with Crippen LogP contribution < -0.4 is 15.0 Å². The van der Waals surface area contributed by atoms with Crippen molar-refractivity contribution in [3.8, 4) is 0 Å². The van der Waals surface area contributed by atoms with Gasteiger partial charge in [0.25, 0.3) is 0 Å². The number of hydrogen-bond acceptors (Lipinski definition) is 2. The van der Waals surface area contributed by atoms with Gasteiger partial charge in [-0.25, -0.2) is 0 Å². The van der Waals surface area contributed by atoms with Crippen LogP contribution in [-0.4, -0.2) is 53.8 Å². The Hall–Kier alpha value is -0.514. The van der Waals surface area contributed by atoms with E-state index in [4.69, 9.17) is 27.9 Å². The summed E-state index contributed by atoms with van der Waals surface area (Å²) in [6.45, 7) is 35.2. The third-order valence-electron chi connectivity index (χ3n) is 13.6. The Bertz CT molecular complexity index is 1880. The van der Waals surface area contributed by atoms with Gasteiger partial charge in [0.1, 0.15) is 31.2 Å².